The van der Waals surface area contributed by atoms with E-state index in [-0.39, 0.29) is 5.69 Å². The molecule has 21 heavy (non-hydrogen) atoms. The van der Waals surface area contributed by atoms with E-state index < -0.39 is 4.92 Å². The number of nitro benzene ring substituents is 1. The lowest BCUT2D eigenvalue weighted by molar-refractivity contribution is -0.384. The lowest BCUT2D eigenvalue weighted by atomic mass is 10.2. The predicted octanol–water partition coefficient (Wildman–Crippen LogP) is 3.34. The van der Waals surface area contributed by atoms with Gasteiger partial charge >= 0.3 is 0 Å². The van der Waals surface area contributed by atoms with Gasteiger partial charge in [0.05, 0.1) is 17.2 Å². The zero-order valence-electron chi connectivity index (χ0n) is 12.1. The Balaban J connectivity index is 2.16. The average molecular weight is 286 g/mol. The molecule has 2 N–H and O–H groups in total. The highest BCUT2D eigenvalue weighted by molar-refractivity contribution is 5.63. The van der Waals surface area contributed by atoms with Gasteiger partial charge in [-0.05, 0) is 32.0 Å². The minimum absolute atomic E-state index is 0.0631. The number of nitrogens with one attached hydrogen (secondary N) is 2. The fourth-order valence-electron chi connectivity index (χ4n) is 2.02. The zero-order chi connectivity index (χ0) is 15.2. The van der Waals surface area contributed by atoms with Crippen LogP contribution in [-0.2, 0) is 6.54 Å². The third kappa shape index (κ3) is 4.17. The summed E-state index contributed by atoms with van der Waals surface area (Å²) in [6.45, 7) is 5.11. The second kappa shape index (κ2) is 6.69. The minimum Gasteiger partial charge on any atom is -0.385 e. The summed E-state index contributed by atoms with van der Waals surface area (Å²) >= 11 is 0. The molecular formula is C15H18N4O2. The van der Waals surface area contributed by atoms with Gasteiger partial charge in [0.15, 0.2) is 0 Å². The maximum absolute atomic E-state index is 11.0. The predicted molar refractivity (Wildman–Crippen MR) is 83.6 cm³/mol. The first-order chi connectivity index (χ1) is 10.1. The van der Waals surface area contributed by atoms with E-state index in [0.717, 1.165) is 17.1 Å². The van der Waals surface area contributed by atoms with Gasteiger partial charge in [-0.2, -0.15) is 0 Å². The number of rotatable bonds is 6. The highest BCUT2D eigenvalue weighted by Crippen LogP contribution is 2.24. The molecule has 1 aromatic carbocycles. The summed E-state index contributed by atoms with van der Waals surface area (Å²) < 4.78 is 0. The van der Waals surface area contributed by atoms with E-state index in [1.54, 1.807) is 0 Å². The molecular weight excluding hydrogens is 268 g/mol. The fourth-order valence-corrected chi connectivity index (χ4v) is 2.02. The van der Waals surface area contributed by atoms with E-state index >= 15 is 0 Å². The van der Waals surface area contributed by atoms with Gasteiger partial charge in [0.25, 0.3) is 5.69 Å². The van der Waals surface area contributed by atoms with Gasteiger partial charge in [0.1, 0.15) is 0 Å². The molecule has 1 aromatic heterocycles. The number of nitrogens with zero attached hydrogens (tertiary/aromatic N) is 2. The Hall–Kier alpha value is -2.63. The standard InChI is InChI=1S/C15H18N4O2/c1-3-16-13-7-14(9-15(8-13)19(20)21)17-10-12-6-4-5-11(2)18-12/h4-9,16-17H,3,10H2,1-2H3. The molecule has 0 amide bonds. The maximum Gasteiger partial charge on any atom is 0.273 e. The zero-order valence-corrected chi connectivity index (χ0v) is 12.1. The van der Waals surface area contributed by atoms with Gasteiger partial charge < -0.3 is 10.6 Å². The van der Waals surface area contributed by atoms with Crippen LogP contribution in [0.3, 0.4) is 0 Å². The maximum atomic E-state index is 11.0. The van der Waals surface area contributed by atoms with Gasteiger partial charge in [-0.15, -0.1) is 0 Å². The SMILES string of the molecule is CCNc1cc(NCc2cccc(C)n2)cc([N+](=O)[O-])c1. The molecule has 6 heteroatoms. The quantitative estimate of drug-likeness (QED) is 0.629. The van der Waals surface area contributed by atoms with Crippen molar-refractivity contribution in [2.45, 2.75) is 20.4 Å². The number of aromatic nitrogens is 1. The Labute approximate surface area is 123 Å². The molecule has 0 spiro atoms. The van der Waals surface area contributed by atoms with E-state index in [1.807, 2.05) is 38.1 Å². The van der Waals surface area contributed by atoms with Crippen molar-refractivity contribution in [1.82, 2.24) is 4.98 Å². The molecule has 0 aliphatic rings. The van der Waals surface area contributed by atoms with Crippen LogP contribution in [0.4, 0.5) is 17.1 Å². The highest BCUT2D eigenvalue weighted by Gasteiger charge is 2.09. The van der Waals surface area contributed by atoms with Crippen LogP contribution in [0.25, 0.3) is 0 Å². The van der Waals surface area contributed by atoms with E-state index in [4.69, 9.17) is 0 Å². The summed E-state index contributed by atoms with van der Waals surface area (Å²) in [5, 5.41) is 17.2. The number of hydrogen-bond acceptors (Lipinski definition) is 5. The minimum atomic E-state index is -0.392. The molecule has 6 nitrogen and oxygen atoms in total. The third-order valence-electron chi connectivity index (χ3n) is 2.93. The normalized spacial score (nSPS) is 10.2. The van der Waals surface area contributed by atoms with E-state index in [1.165, 1.54) is 12.1 Å². The topological polar surface area (TPSA) is 80.1 Å². The van der Waals surface area contributed by atoms with Crippen molar-refractivity contribution in [1.29, 1.82) is 0 Å². The van der Waals surface area contributed by atoms with Crippen LogP contribution in [-0.4, -0.2) is 16.5 Å². The number of pyridine rings is 1. The van der Waals surface area contributed by atoms with Crippen molar-refractivity contribution >= 4 is 17.1 Å². The van der Waals surface area contributed by atoms with Crippen molar-refractivity contribution in [3.05, 3.63) is 57.9 Å². The van der Waals surface area contributed by atoms with Crippen molar-refractivity contribution in [3.63, 3.8) is 0 Å². The monoisotopic (exact) mass is 286 g/mol. The molecule has 0 atom stereocenters. The molecule has 0 aliphatic carbocycles. The molecule has 2 aromatic rings. The largest absolute Gasteiger partial charge is 0.385 e. The van der Waals surface area contributed by atoms with Crippen molar-refractivity contribution in [3.8, 4) is 0 Å². The number of anilines is 2. The second-order valence-electron chi connectivity index (χ2n) is 4.68. The van der Waals surface area contributed by atoms with Crippen molar-refractivity contribution in [2.24, 2.45) is 0 Å². The van der Waals surface area contributed by atoms with Gasteiger partial charge in [-0.25, -0.2) is 0 Å². The van der Waals surface area contributed by atoms with Crippen LogP contribution in [0, 0.1) is 17.0 Å². The van der Waals surface area contributed by atoms with E-state index in [2.05, 4.69) is 15.6 Å². The van der Waals surface area contributed by atoms with Gasteiger partial charge in [-0.3, -0.25) is 15.1 Å². The van der Waals surface area contributed by atoms with Gasteiger partial charge in [-0.1, -0.05) is 6.07 Å². The molecule has 0 unspecified atom stereocenters. The van der Waals surface area contributed by atoms with Crippen LogP contribution in [0.5, 0.6) is 0 Å². The number of non-ortho nitro benzene ring substituents is 1. The highest BCUT2D eigenvalue weighted by atomic mass is 16.6. The van der Waals surface area contributed by atoms with Crippen molar-refractivity contribution in [2.75, 3.05) is 17.2 Å². The number of benzene rings is 1. The Morgan fingerprint density at radius 3 is 2.52 bits per heavy atom. The summed E-state index contributed by atoms with van der Waals surface area (Å²) in [4.78, 5) is 15.0. The summed E-state index contributed by atoms with van der Waals surface area (Å²) in [6, 6.07) is 10.7. The third-order valence-corrected chi connectivity index (χ3v) is 2.93. The number of nitro groups is 1. The summed E-state index contributed by atoms with van der Waals surface area (Å²) in [5.74, 6) is 0. The van der Waals surface area contributed by atoms with Gasteiger partial charge in [0, 0.05) is 35.7 Å². The first-order valence-corrected chi connectivity index (χ1v) is 6.78. The molecule has 1 heterocycles. The first kappa shape index (κ1) is 14.8. The number of hydrogen-bond donors (Lipinski definition) is 2. The lowest BCUT2D eigenvalue weighted by Gasteiger charge is -2.09. The molecule has 0 bridgehead atoms. The molecule has 0 saturated heterocycles. The van der Waals surface area contributed by atoms with E-state index in [0.29, 0.717) is 18.8 Å². The Kier molecular flexibility index (Phi) is 4.71. The first-order valence-electron chi connectivity index (χ1n) is 6.78. The number of aryl methyl sites for hydroxylation is 1. The fraction of sp³-hybridized carbons (Fsp3) is 0.267. The van der Waals surface area contributed by atoms with E-state index in [9.17, 15) is 10.1 Å². The molecule has 110 valence electrons. The van der Waals surface area contributed by atoms with Gasteiger partial charge in [0.2, 0.25) is 0 Å². The summed E-state index contributed by atoms with van der Waals surface area (Å²) in [6.07, 6.45) is 0. The van der Waals surface area contributed by atoms with Crippen LogP contribution in [0.2, 0.25) is 0 Å². The molecule has 0 saturated carbocycles. The summed E-state index contributed by atoms with van der Waals surface area (Å²) in [7, 11) is 0. The molecule has 2 rings (SSSR count). The average Bonchev–Trinajstić information content (AvgIpc) is 2.45. The molecule has 0 radical (unpaired) electrons. The Morgan fingerprint density at radius 2 is 1.90 bits per heavy atom. The van der Waals surface area contributed by atoms with Crippen LogP contribution in [0.1, 0.15) is 18.3 Å². The smallest absolute Gasteiger partial charge is 0.273 e. The molecule has 0 fully saturated rings. The lowest BCUT2D eigenvalue weighted by Crippen LogP contribution is -2.04. The summed E-state index contributed by atoms with van der Waals surface area (Å²) in [5.41, 5.74) is 3.33. The Bertz CT molecular complexity index is 643. The second-order valence-corrected chi connectivity index (χ2v) is 4.68. The van der Waals surface area contributed by atoms with Crippen LogP contribution in [0.15, 0.2) is 36.4 Å². The molecule has 0 aliphatic heterocycles. The van der Waals surface area contributed by atoms with Crippen LogP contribution < -0.4 is 10.6 Å². The van der Waals surface area contributed by atoms with Crippen molar-refractivity contribution < 1.29 is 4.92 Å². The Morgan fingerprint density at radius 1 is 1.19 bits per heavy atom. The van der Waals surface area contributed by atoms with Crippen LogP contribution >= 0.6 is 0 Å².